The van der Waals surface area contributed by atoms with E-state index in [1.54, 1.807) is 0 Å². The summed E-state index contributed by atoms with van der Waals surface area (Å²) in [4.78, 5) is 20.9. The fourth-order valence-corrected chi connectivity index (χ4v) is 2.54. The van der Waals surface area contributed by atoms with Crippen molar-refractivity contribution in [1.82, 2.24) is 15.2 Å². The predicted octanol–water partition coefficient (Wildman–Crippen LogP) is 1.11. The van der Waals surface area contributed by atoms with E-state index >= 15 is 0 Å². The van der Waals surface area contributed by atoms with E-state index in [0.29, 0.717) is 16.6 Å². The zero-order valence-electron chi connectivity index (χ0n) is 13.1. The molecule has 0 radical (unpaired) electrons. The Labute approximate surface area is 125 Å². The number of nitrogen functional groups attached to an aromatic ring is 1. The van der Waals surface area contributed by atoms with Crippen LogP contribution in [0, 0.1) is 5.92 Å². The van der Waals surface area contributed by atoms with E-state index in [2.05, 4.69) is 29.0 Å². The number of rotatable bonds is 6. The number of likely N-dealkylation sites (N-methyl/N-ethyl adjacent to an activating group) is 1. The maximum atomic E-state index is 12.3. The van der Waals surface area contributed by atoms with E-state index in [0.717, 1.165) is 11.7 Å². The summed E-state index contributed by atoms with van der Waals surface area (Å²) < 4.78 is 0. The lowest BCUT2D eigenvalue weighted by Crippen LogP contribution is -2.44. The van der Waals surface area contributed by atoms with Gasteiger partial charge in [-0.3, -0.25) is 4.79 Å². The molecule has 20 heavy (non-hydrogen) atoms. The minimum Gasteiger partial charge on any atom is -0.382 e. The van der Waals surface area contributed by atoms with Crippen LogP contribution in [0.5, 0.6) is 0 Å². The highest BCUT2D eigenvalue weighted by Crippen LogP contribution is 2.26. The van der Waals surface area contributed by atoms with Crippen LogP contribution in [0.2, 0.25) is 0 Å². The third-order valence-electron chi connectivity index (χ3n) is 2.91. The van der Waals surface area contributed by atoms with Crippen LogP contribution in [0.4, 0.5) is 10.9 Å². The first-order valence-electron chi connectivity index (χ1n) is 6.61. The lowest BCUT2D eigenvalue weighted by Gasteiger charge is -2.25. The normalized spacial score (nSPS) is 12.8. The van der Waals surface area contributed by atoms with E-state index in [1.165, 1.54) is 11.3 Å². The number of carbonyl (C=O) groups is 1. The third-order valence-corrected chi connectivity index (χ3v) is 4.15. The van der Waals surface area contributed by atoms with E-state index in [9.17, 15) is 4.79 Å². The molecule has 7 heteroatoms. The van der Waals surface area contributed by atoms with Gasteiger partial charge in [0.25, 0.3) is 5.91 Å². The van der Waals surface area contributed by atoms with Crippen molar-refractivity contribution in [2.24, 2.45) is 5.92 Å². The molecule has 0 aliphatic rings. The molecule has 0 aromatic carbocycles. The fraction of sp³-hybridized carbons (Fsp3) is 0.692. The number of anilines is 2. The topological polar surface area (TPSA) is 74.5 Å². The molecule has 1 aromatic heterocycles. The number of nitrogens with two attached hydrogens (primary N) is 1. The Morgan fingerprint density at radius 3 is 2.35 bits per heavy atom. The first-order valence-corrected chi connectivity index (χ1v) is 7.43. The molecule has 114 valence electrons. The molecule has 0 saturated heterocycles. The van der Waals surface area contributed by atoms with Gasteiger partial charge in [-0.2, -0.15) is 0 Å². The Hall–Kier alpha value is -1.34. The molecular formula is C13H25N5OS. The van der Waals surface area contributed by atoms with Gasteiger partial charge in [-0.25, -0.2) is 4.98 Å². The van der Waals surface area contributed by atoms with Crippen molar-refractivity contribution in [3.63, 3.8) is 0 Å². The number of nitrogens with one attached hydrogen (secondary N) is 1. The van der Waals surface area contributed by atoms with E-state index < -0.39 is 0 Å². The second kappa shape index (κ2) is 6.90. The van der Waals surface area contributed by atoms with E-state index in [-0.39, 0.29) is 11.9 Å². The smallest absolute Gasteiger partial charge is 0.265 e. The number of amides is 1. The van der Waals surface area contributed by atoms with Crippen molar-refractivity contribution in [1.29, 1.82) is 0 Å². The SMILES string of the molecule is CC(C)C(CN(C)C)NC(=O)c1sc(N(C)C)nc1N. The standard InChI is InChI=1S/C13H25N5OS/c1-8(2)9(7-17(3)4)15-12(19)10-11(14)16-13(20-10)18(5)6/h8-9H,7,14H2,1-6H3,(H,15,19). The zero-order valence-corrected chi connectivity index (χ0v) is 13.9. The molecule has 3 N–H and O–H groups in total. The summed E-state index contributed by atoms with van der Waals surface area (Å²) in [7, 11) is 7.74. The fourth-order valence-electron chi connectivity index (χ4n) is 1.72. The summed E-state index contributed by atoms with van der Waals surface area (Å²) >= 11 is 1.31. The average molecular weight is 299 g/mol. The lowest BCUT2D eigenvalue weighted by molar-refractivity contribution is 0.0921. The molecule has 1 amide bonds. The number of nitrogens with zero attached hydrogens (tertiary/aromatic N) is 3. The summed E-state index contributed by atoms with van der Waals surface area (Å²) in [6.45, 7) is 4.98. The summed E-state index contributed by atoms with van der Waals surface area (Å²) in [5.41, 5.74) is 5.83. The van der Waals surface area contributed by atoms with Gasteiger partial charge in [0, 0.05) is 26.7 Å². The molecule has 0 bridgehead atoms. The Balaban J connectivity index is 2.83. The number of thiazole rings is 1. The van der Waals surface area contributed by atoms with Crippen molar-refractivity contribution in [2.75, 3.05) is 45.4 Å². The summed E-state index contributed by atoms with van der Waals surface area (Å²) in [5, 5.41) is 3.79. The van der Waals surface area contributed by atoms with Crippen LogP contribution in [0.1, 0.15) is 23.5 Å². The minimum absolute atomic E-state index is 0.0850. The van der Waals surface area contributed by atoms with Crippen LogP contribution in [0.3, 0.4) is 0 Å². The van der Waals surface area contributed by atoms with Crippen molar-refractivity contribution >= 4 is 28.2 Å². The second-order valence-corrected chi connectivity index (χ2v) is 6.67. The van der Waals surface area contributed by atoms with E-state index in [1.807, 2.05) is 33.1 Å². The van der Waals surface area contributed by atoms with Crippen molar-refractivity contribution < 1.29 is 4.79 Å². The first-order chi connectivity index (χ1) is 9.22. The highest BCUT2D eigenvalue weighted by molar-refractivity contribution is 7.18. The van der Waals surface area contributed by atoms with Crippen LogP contribution in [0.15, 0.2) is 0 Å². The molecule has 1 unspecified atom stereocenters. The second-order valence-electron chi connectivity index (χ2n) is 5.69. The van der Waals surface area contributed by atoms with Crippen LogP contribution in [-0.4, -0.2) is 56.6 Å². The average Bonchev–Trinajstić information content (AvgIpc) is 2.69. The quantitative estimate of drug-likeness (QED) is 0.823. The lowest BCUT2D eigenvalue weighted by atomic mass is 10.0. The summed E-state index contributed by atoms with van der Waals surface area (Å²) in [6.07, 6.45) is 0. The molecule has 1 atom stereocenters. The van der Waals surface area contributed by atoms with Gasteiger partial charge in [0.1, 0.15) is 10.7 Å². The maximum Gasteiger partial charge on any atom is 0.265 e. The molecule has 1 rings (SSSR count). The summed E-state index contributed by atoms with van der Waals surface area (Å²) in [5.74, 6) is 0.501. The predicted molar refractivity (Wildman–Crippen MR) is 85.5 cm³/mol. The largest absolute Gasteiger partial charge is 0.382 e. The first kappa shape index (κ1) is 16.7. The molecule has 0 aliphatic heterocycles. The van der Waals surface area contributed by atoms with Crippen molar-refractivity contribution in [2.45, 2.75) is 19.9 Å². The van der Waals surface area contributed by atoms with Crippen LogP contribution >= 0.6 is 11.3 Å². The van der Waals surface area contributed by atoms with Gasteiger partial charge in [0.2, 0.25) is 0 Å². The molecule has 0 fully saturated rings. The van der Waals surface area contributed by atoms with Gasteiger partial charge in [-0.15, -0.1) is 0 Å². The third kappa shape index (κ3) is 4.35. The van der Waals surface area contributed by atoms with Crippen LogP contribution < -0.4 is 16.0 Å². The van der Waals surface area contributed by atoms with E-state index in [4.69, 9.17) is 5.73 Å². The highest BCUT2D eigenvalue weighted by Gasteiger charge is 2.22. The molecule has 0 spiro atoms. The Bertz CT molecular complexity index is 456. The van der Waals surface area contributed by atoms with Gasteiger partial charge in [0.05, 0.1) is 0 Å². The molecule has 1 heterocycles. The monoisotopic (exact) mass is 299 g/mol. The van der Waals surface area contributed by atoms with Crippen molar-refractivity contribution in [3.8, 4) is 0 Å². The zero-order chi connectivity index (χ0) is 15.4. The van der Waals surface area contributed by atoms with Crippen LogP contribution in [-0.2, 0) is 0 Å². The minimum atomic E-state index is -0.145. The van der Waals surface area contributed by atoms with Gasteiger partial charge >= 0.3 is 0 Å². The molecule has 0 aliphatic carbocycles. The number of carbonyl (C=O) groups excluding carboxylic acids is 1. The molecule has 1 aromatic rings. The van der Waals surface area contributed by atoms with Crippen molar-refractivity contribution in [3.05, 3.63) is 4.88 Å². The number of aromatic nitrogens is 1. The molecular weight excluding hydrogens is 274 g/mol. The maximum absolute atomic E-state index is 12.3. The van der Waals surface area contributed by atoms with Gasteiger partial charge in [-0.1, -0.05) is 25.2 Å². The van der Waals surface area contributed by atoms with Crippen LogP contribution in [0.25, 0.3) is 0 Å². The molecule has 6 nitrogen and oxygen atoms in total. The summed E-state index contributed by atoms with van der Waals surface area (Å²) in [6, 6.07) is 0.0850. The molecule has 0 saturated carbocycles. The van der Waals surface area contributed by atoms with Gasteiger partial charge in [-0.05, 0) is 20.0 Å². The Kier molecular flexibility index (Phi) is 5.76. The van der Waals surface area contributed by atoms with Gasteiger partial charge in [0.15, 0.2) is 5.13 Å². The Morgan fingerprint density at radius 1 is 1.35 bits per heavy atom. The number of hydrogen-bond acceptors (Lipinski definition) is 6. The Morgan fingerprint density at radius 2 is 1.95 bits per heavy atom. The van der Waals surface area contributed by atoms with Gasteiger partial charge < -0.3 is 20.9 Å². The number of hydrogen-bond donors (Lipinski definition) is 2. The highest BCUT2D eigenvalue weighted by atomic mass is 32.1.